The van der Waals surface area contributed by atoms with Crippen LogP contribution in [0.5, 0.6) is 0 Å². The number of carbonyl (C=O) groups excluding carboxylic acids is 1. The summed E-state index contributed by atoms with van der Waals surface area (Å²) in [6, 6.07) is 0. The molecule has 0 aliphatic heterocycles. The first kappa shape index (κ1) is 9.05. The molecule has 14 heavy (non-hydrogen) atoms. The molecule has 5 heteroatoms. The molecule has 3 N–H and O–H groups in total. The molecule has 0 saturated heterocycles. The molecule has 5 nitrogen and oxygen atoms in total. The van der Waals surface area contributed by atoms with E-state index in [0.29, 0.717) is 17.3 Å². The van der Waals surface area contributed by atoms with Crippen LogP contribution in [0.25, 0.3) is 0 Å². The average molecular weight is 194 g/mol. The molecule has 0 unspecified atom stereocenters. The Morgan fingerprint density at radius 3 is 3.00 bits per heavy atom. The normalized spacial score (nSPS) is 15.5. The number of nitrogens with one attached hydrogen (secondary N) is 1. The van der Waals surface area contributed by atoms with Gasteiger partial charge in [-0.1, -0.05) is 0 Å². The fourth-order valence-corrected chi connectivity index (χ4v) is 1.38. The number of nitrogens with two attached hydrogens (primary N) is 1. The molecule has 0 aromatic carbocycles. The quantitative estimate of drug-likeness (QED) is 0.719. The fraction of sp³-hybridized carbons (Fsp3) is 0.556. The van der Waals surface area contributed by atoms with E-state index in [1.165, 1.54) is 23.7 Å². The highest BCUT2D eigenvalue weighted by Gasteiger charge is 2.23. The molecule has 0 radical (unpaired) electrons. The standard InChI is InChI=1S/C9H14N4O/c1-13-8(7(10)5-12-13)9(14)11-4-6-2-3-6/h5-6H,2-4,10H2,1H3,(H,11,14). The minimum atomic E-state index is -0.130. The van der Waals surface area contributed by atoms with E-state index in [4.69, 9.17) is 5.73 Å². The summed E-state index contributed by atoms with van der Waals surface area (Å²) in [5.41, 5.74) is 6.50. The average Bonchev–Trinajstić information content (AvgIpc) is 2.90. The lowest BCUT2D eigenvalue weighted by atomic mass is 10.3. The van der Waals surface area contributed by atoms with E-state index in [9.17, 15) is 4.79 Å². The lowest BCUT2D eigenvalue weighted by molar-refractivity contribution is 0.0943. The van der Waals surface area contributed by atoms with Crippen molar-refractivity contribution in [2.75, 3.05) is 12.3 Å². The van der Waals surface area contributed by atoms with Gasteiger partial charge in [0.15, 0.2) is 0 Å². The Kier molecular flexibility index (Phi) is 2.15. The Bertz CT molecular complexity index is 334. The summed E-state index contributed by atoms with van der Waals surface area (Å²) in [6.45, 7) is 0.753. The first-order valence-electron chi connectivity index (χ1n) is 4.74. The third-order valence-electron chi connectivity index (χ3n) is 2.43. The van der Waals surface area contributed by atoms with Gasteiger partial charge in [0.1, 0.15) is 5.69 Å². The van der Waals surface area contributed by atoms with Crippen LogP contribution in [-0.4, -0.2) is 22.2 Å². The second kappa shape index (κ2) is 3.32. The van der Waals surface area contributed by atoms with E-state index < -0.39 is 0 Å². The van der Waals surface area contributed by atoms with E-state index in [1.54, 1.807) is 7.05 Å². The maximum absolute atomic E-state index is 11.6. The lowest BCUT2D eigenvalue weighted by Gasteiger charge is -2.04. The number of hydrogen-bond donors (Lipinski definition) is 2. The monoisotopic (exact) mass is 194 g/mol. The number of aryl methyl sites for hydroxylation is 1. The SMILES string of the molecule is Cn1ncc(N)c1C(=O)NCC1CC1. The van der Waals surface area contributed by atoms with E-state index >= 15 is 0 Å². The number of nitrogens with zero attached hydrogens (tertiary/aromatic N) is 2. The lowest BCUT2D eigenvalue weighted by Crippen LogP contribution is -2.28. The van der Waals surface area contributed by atoms with Crippen LogP contribution in [0.1, 0.15) is 23.3 Å². The van der Waals surface area contributed by atoms with Crippen molar-refractivity contribution in [3.63, 3.8) is 0 Å². The number of amides is 1. The predicted molar refractivity (Wildman–Crippen MR) is 52.7 cm³/mol. The molecule has 1 aliphatic rings. The van der Waals surface area contributed by atoms with Crippen molar-refractivity contribution in [3.05, 3.63) is 11.9 Å². The zero-order valence-corrected chi connectivity index (χ0v) is 8.16. The van der Waals surface area contributed by atoms with Gasteiger partial charge in [0.25, 0.3) is 5.91 Å². The Hall–Kier alpha value is -1.52. The third kappa shape index (κ3) is 1.71. The molecule has 1 saturated carbocycles. The zero-order chi connectivity index (χ0) is 10.1. The van der Waals surface area contributed by atoms with Gasteiger partial charge >= 0.3 is 0 Å². The molecule has 1 heterocycles. The Morgan fingerprint density at radius 1 is 1.79 bits per heavy atom. The molecule has 1 aromatic rings. The van der Waals surface area contributed by atoms with Crippen molar-refractivity contribution >= 4 is 11.6 Å². The maximum Gasteiger partial charge on any atom is 0.271 e. The van der Waals surface area contributed by atoms with E-state index in [-0.39, 0.29) is 5.91 Å². The first-order chi connectivity index (χ1) is 6.68. The number of carbonyl (C=O) groups is 1. The number of nitrogen functional groups attached to an aromatic ring is 1. The summed E-state index contributed by atoms with van der Waals surface area (Å²) >= 11 is 0. The summed E-state index contributed by atoms with van der Waals surface area (Å²) in [5, 5.41) is 6.76. The van der Waals surface area contributed by atoms with Crippen molar-refractivity contribution in [2.24, 2.45) is 13.0 Å². The Balaban J connectivity index is 2.01. The highest BCUT2D eigenvalue weighted by molar-refractivity contribution is 5.97. The van der Waals surface area contributed by atoms with Crippen LogP contribution in [0.3, 0.4) is 0 Å². The minimum absolute atomic E-state index is 0.130. The minimum Gasteiger partial charge on any atom is -0.396 e. The number of anilines is 1. The van der Waals surface area contributed by atoms with E-state index in [1.807, 2.05) is 0 Å². The van der Waals surface area contributed by atoms with Crippen molar-refractivity contribution in [1.82, 2.24) is 15.1 Å². The van der Waals surface area contributed by atoms with Gasteiger partial charge in [-0.2, -0.15) is 5.10 Å². The van der Waals surface area contributed by atoms with Crippen molar-refractivity contribution < 1.29 is 4.79 Å². The maximum atomic E-state index is 11.6. The third-order valence-corrected chi connectivity index (χ3v) is 2.43. The molecule has 0 atom stereocenters. The zero-order valence-electron chi connectivity index (χ0n) is 8.16. The molecule has 0 bridgehead atoms. The Labute approximate surface area is 82.3 Å². The van der Waals surface area contributed by atoms with Gasteiger partial charge in [0.05, 0.1) is 11.9 Å². The summed E-state index contributed by atoms with van der Waals surface area (Å²) in [5.74, 6) is 0.544. The van der Waals surface area contributed by atoms with Gasteiger partial charge < -0.3 is 11.1 Å². The molecule has 1 aliphatic carbocycles. The Morgan fingerprint density at radius 2 is 2.50 bits per heavy atom. The van der Waals surface area contributed by atoms with Gasteiger partial charge in [-0.15, -0.1) is 0 Å². The number of rotatable bonds is 3. The van der Waals surface area contributed by atoms with Crippen LogP contribution < -0.4 is 11.1 Å². The first-order valence-corrected chi connectivity index (χ1v) is 4.74. The summed E-state index contributed by atoms with van der Waals surface area (Å²) in [4.78, 5) is 11.6. The molecule has 1 amide bonds. The molecule has 0 spiro atoms. The van der Waals surface area contributed by atoms with Crippen LogP contribution in [0.2, 0.25) is 0 Å². The van der Waals surface area contributed by atoms with Gasteiger partial charge in [0.2, 0.25) is 0 Å². The highest BCUT2D eigenvalue weighted by Crippen LogP contribution is 2.27. The van der Waals surface area contributed by atoms with Crippen LogP contribution >= 0.6 is 0 Å². The highest BCUT2D eigenvalue weighted by atomic mass is 16.2. The number of aromatic nitrogens is 2. The van der Waals surface area contributed by atoms with Gasteiger partial charge in [-0.05, 0) is 18.8 Å². The molecule has 76 valence electrons. The summed E-state index contributed by atoms with van der Waals surface area (Å²) < 4.78 is 1.50. The molecule has 2 rings (SSSR count). The van der Waals surface area contributed by atoms with E-state index in [0.717, 1.165) is 6.54 Å². The largest absolute Gasteiger partial charge is 0.396 e. The van der Waals surface area contributed by atoms with Crippen molar-refractivity contribution in [3.8, 4) is 0 Å². The van der Waals surface area contributed by atoms with Crippen molar-refractivity contribution in [2.45, 2.75) is 12.8 Å². The molecular formula is C9H14N4O. The second-order valence-electron chi connectivity index (χ2n) is 3.73. The molecular weight excluding hydrogens is 180 g/mol. The van der Waals surface area contributed by atoms with Gasteiger partial charge in [-0.3, -0.25) is 9.48 Å². The van der Waals surface area contributed by atoms with Gasteiger partial charge in [-0.25, -0.2) is 0 Å². The molecule has 1 aromatic heterocycles. The smallest absolute Gasteiger partial charge is 0.271 e. The topological polar surface area (TPSA) is 72.9 Å². The van der Waals surface area contributed by atoms with Crippen LogP contribution in [0, 0.1) is 5.92 Å². The summed E-state index contributed by atoms with van der Waals surface area (Å²) in [6.07, 6.45) is 3.94. The predicted octanol–water partition coefficient (Wildman–Crippen LogP) is 0.142. The number of hydrogen-bond acceptors (Lipinski definition) is 3. The van der Waals surface area contributed by atoms with Crippen LogP contribution in [0.15, 0.2) is 6.20 Å². The van der Waals surface area contributed by atoms with Gasteiger partial charge in [0, 0.05) is 13.6 Å². The second-order valence-corrected chi connectivity index (χ2v) is 3.73. The van der Waals surface area contributed by atoms with E-state index in [2.05, 4.69) is 10.4 Å². The van der Waals surface area contributed by atoms with Crippen molar-refractivity contribution in [1.29, 1.82) is 0 Å². The van der Waals surface area contributed by atoms with Crippen LogP contribution in [0.4, 0.5) is 5.69 Å². The molecule has 1 fully saturated rings. The van der Waals surface area contributed by atoms with Crippen LogP contribution in [-0.2, 0) is 7.05 Å². The summed E-state index contributed by atoms with van der Waals surface area (Å²) in [7, 11) is 1.71. The fourth-order valence-electron chi connectivity index (χ4n) is 1.38.